The molecule has 0 spiro atoms. The molecule has 0 fully saturated rings. The molecule has 0 saturated carbocycles. The number of nitriles is 1. The van der Waals surface area contributed by atoms with Crippen LogP contribution in [0.25, 0.3) is 11.4 Å². The summed E-state index contributed by atoms with van der Waals surface area (Å²) in [4.78, 5) is 16.3. The summed E-state index contributed by atoms with van der Waals surface area (Å²) in [6, 6.07) is 16.3. The summed E-state index contributed by atoms with van der Waals surface area (Å²) in [6.07, 6.45) is 0.133. The molecular formula is C21H19N3O4. The van der Waals surface area contributed by atoms with Crippen LogP contribution < -0.4 is 4.74 Å². The van der Waals surface area contributed by atoms with E-state index in [1.165, 1.54) is 5.56 Å². The van der Waals surface area contributed by atoms with Crippen molar-refractivity contribution in [2.75, 3.05) is 0 Å². The van der Waals surface area contributed by atoms with E-state index in [0.29, 0.717) is 17.1 Å². The van der Waals surface area contributed by atoms with Crippen LogP contribution in [0.2, 0.25) is 0 Å². The molecule has 0 saturated heterocycles. The van der Waals surface area contributed by atoms with Crippen LogP contribution in [0.1, 0.15) is 30.9 Å². The summed E-state index contributed by atoms with van der Waals surface area (Å²) in [6.45, 7) is 3.52. The molecule has 7 nitrogen and oxygen atoms in total. The Balaban J connectivity index is 1.53. The standard InChI is InChI=1S/C21H19N3O4/c1-3-15-4-8-17(9-5-15)20-23-19(28-24-20)13-26-21(25)14(2)27-18-10-6-16(12-22)7-11-18/h4-11,14H,3,13H2,1-2H3/t14-/m1/s1. The molecule has 0 N–H and O–H groups in total. The summed E-state index contributed by atoms with van der Waals surface area (Å²) >= 11 is 0. The third-order valence-electron chi connectivity index (χ3n) is 4.05. The molecule has 1 heterocycles. The number of esters is 1. The fraction of sp³-hybridized carbons (Fsp3) is 0.238. The van der Waals surface area contributed by atoms with E-state index in [2.05, 4.69) is 17.1 Å². The van der Waals surface area contributed by atoms with Crippen LogP contribution in [0.3, 0.4) is 0 Å². The van der Waals surface area contributed by atoms with E-state index in [1.807, 2.05) is 30.3 Å². The molecule has 0 radical (unpaired) electrons. The molecule has 28 heavy (non-hydrogen) atoms. The van der Waals surface area contributed by atoms with Gasteiger partial charge < -0.3 is 14.0 Å². The minimum absolute atomic E-state index is 0.139. The number of hydrogen-bond donors (Lipinski definition) is 0. The minimum Gasteiger partial charge on any atom is -0.479 e. The van der Waals surface area contributed by atoms with E-state index in [1.54, 1.807) is 31.2 Å². The van der Waals surface area contributed by atoms with Gasteiger partial charge in [0.1, 0.15) is 5.75 Å². The van der Waals surface area contributed by atoms with Gasteiger partial charge in [0.2, 0.25) is 5.82 Å². The van der Waals surface area contributed by atoms with E-state index >= 15 is 0 Å². The monoisotopic (exact) mass is 377 g/mol. The molecule has 1 aromatic heterocycles. The molecule has 3 rings (SSSR count). The molecule has 0 aliphatic carbocycles. The van der Waals surface area contributed by atoms with Crippen molar-refractivity contribution in [3.05, 3.63) is 65.5 Å². The van der Waals surface area contributed by atoms with Crippen molar-refractivity contribution in [2.45, 2.75) is 33.0 Å². The first-order valence-corrected chi connectivity index (χ1v) is 8.84. The number of hydrogen-bond acceptors (Lipinski definition) is 7. The number of aryl methyl sites for hydroxylation is 1. The van der Waals surface area contributed by atoms with Gasteiger partial charge in [-0.3, -0.25) is 0 Å². The summed E-state index contributed by atoms with van der Waals surface area (Å²) in [5, 5.41) is 12.7. The molecule has 0 aliphatic rings. The molecule has 0 bridgehead atoms. The average Bonchev–Trinajstić information content (AvgIpc) is 3.21. The first kappa shape index (κ1) is 19.1. The molecule has 7 heteroatoms. The highest BCUT2D eigenvalue weighted by Crippen LogP contribution is 2.18. The van der Waals surface area contributed by atoms with Gasteiger partial charge in [-0.1, -0.05) is 36.3 Å². The van der Waals surface area contributed by atoms with Gasteiger partial charge in [0, 0.05) is 5.56 Å². The van der Waals surface area contributed by atoms with Gasteiger partial charge in [-0.25, -0.2) is 4.79 Å². The average molecular weight is 377 g/mol. The Morgan fingerprint density at radius 1 is 1.18 bits per heavy atom. The number of benzene rings is 2. The highest BCUT2D eigenvalue weighted by molar-refractivity contribution is 5.74. The van der Waals surface area contributed by atoms with Crippen LogP contribution >= 0.6 is 0 Å². The van der Waals surface area contributed by atoms with Crippen LogP contribution in [-0.2, 0) is 22.6 Å². The quantitative estimate of drug-likeness (QED) is 0.579. The summed E-state index contributed by atoms with van der Waals surface area (Å²) in [7, 11) is 0. The second kappa shape index (κ2) is 8.82. The minimum atomic E-state index is -0.822. The lowest BCUT2D eigenvalue weighted by Crippen LogP contribution is -2.26. The fourth-order valence-electron chi connectivity index (χ4n) is 2.43. The topological polar surface area (TPSA) is 98.2 Å². The van der Waals surface area contributed by atoms with Gasteiger partial charge in [0.25, 0.3) is 5.89 Å². The number of carbonyl (C=O) groups excluding carboxylic acids is 1. The number of carbonyl (C=O) groups is 1. The normalized spacial score (nSPS) is 11.5. The third kappa shape index (κ3) is 4.74. The predicted octanol–water partition coefficient (Wildman–Crippen LogP) is 3.68. The Bertz CT molecular complexity index is 972. The maximum absolute atomic E-state index is 12.1. The SMILES string of the molecule is CCc1ccc(-c2noc(COC(=O)[C@@H](C)Oc3ccc(C#N)cc3)n2)cc1. The van der Waals surface area contributed by atoms with Gasteiger partial charge in [-0.15, -0.1) is 0 Å². The molecule has 1 atom stereocenters. The molecule has 0 amide bonds. The zero-order valence-corrected chi connectivity index (χ0v) is 15.6. The molecule has 142 valence electrons. The van der Waals surface area contributed by atoms with Crippen LogP contribution in [0.4, 0.5) is 0 Å². The largest absolute Gasteiger partial charge is 0.479 e. The van der Waals surface area contributed by atoms with Crippen molar-refractivity contribution in [2.24, 2.45) is 0 Å². The highest BCUT2D eigenvalue weighted by Gasteiger charge is 2.18. The van der Waals surface area contributed by atoms with Gasteiger partial charge in [0.05, 0.1) is 11.6 Å². The van der Waals surface area contributed by atoms with Gasteiger partial charge in [-0.05, 0) is 43.2 Å². The van der Waals surface area contributed by atoms with Crippen LogP contribution in [0.15, 0.2) is 53.1 Å². The zero-order valence-electron chi connectivity index (χ0n) is 15.6. The predicted molar refractivity (Wildman–Crippen MR) is 100 cm³/mol. The fourth-order valence-corrected chi connectivity index (χ4v) is 2.43. The lowest BCUT2D eigenvalue weighted by Gasteiger charge is -2.13. The number of aromatic nitrogens is 2. The number of nitrogens with zero attached hydrogens (tertiary/aromatic N) is 3. The van der Waals surface area contributed by atoms with Gasteiger partial charge in [0.15, 0.2) is 12.7 Å². The van der Waals surface area contributed by atoms with Gasteiger partial charge >= 0.3 is 5.97 Å². The molecule has 3 aromatic rings. The van der Waals surface area contributed by atoms with Crippen molar-refractivity contribution in [1.29, 1.82) is 5.26 Å². The Morgan fingerprint density at radius 2 is 1.89 bits per heavy atom. The first-order valence-electron chi connectivity index (χ1n) is 8.84. The Kier molecular flexibility index (Phi) is 6.02. The summed E-state index contributed by atoms with van der Waals surface area (Å²) in [5.74, 6) is 0.555. The second-order valence-corrected chi connectivity index (χ2v) is 6.07. The molecular weight excluding hydrogens is 358 g/mol. The van der Waals surface area contributed by atoms with Crippen LogP contribution in [0.5, 0.6) is 5.75 Å². The molecule has 2 aromatic carbocycles. The number of ether oxygens (including phenoxy) is 2. The van der Waals surface area contributed by atoms with E-state index in [-0.39, 0.29) is 12.5 Å². The maximum atomic E-state index is 12.1. The zero-order chi connectivity index (χ0) is 19.9. The van der Waals surface area contributed by atoms with E-state index in [4.69, 9.17) is 19.3 Å². The Morgan fingerprint density at radius 3 is 2.54 bits per heavy atom. The Hall–Kier alpha value is -3.66. The van der Waals surface area contributed by atoms with Crippen molar-refractivity contribution in [1.82, 2.24) is 10.1 Å². The van der Waals surface area contributed by atoms with Gasteiger partial charge in [-0.2, -0.15) is 10.2 Å². The van der Waals surface area contributed by atoms with Crippen molar-refractivity contribution in [3.8, 4) is 23.2 Å². The van der Waals surface area contributed by atoms with E-state index in [9.17, 15) is 4.79 Å². The van der Waals surface area contributed by atoms with Crippen LogP contribution in [0, 0.1) is 11.3 Å². The molecule has 0 aliphatic heterocycles. The molecule has 0 unspecified atom stereocenters. The second-order valence-electron chi connectivity index (χ2n) is 6.07. The lowest BCUT2D eigenvalue weighted by molar-refractivity contribution is -0.153. The maximum Gasteiger partial charge on any atom is 0.347 e. The van der Waals surface area contributed by atoms with Crippen LogP contribution in [-0.4, -0.2) is 22.2 Å². The smallest absolute Gasteiger partial charge is 0.347 e. The lowest BCUT2D eigenvalue weighted by atomic mass is 10.1. The summed E-state index contributed by atoms with van der Waals surface area (Å²) < 4.78 is 15.8. The van der Waals surface area contributed by atoms with E-state index < -0.39 is 12.1 Å². The first-order chi connectivity index (χ1) is 13.6. The Labute approximate surface area is 162 Å². The van der Waals surface area contributed by atoms with Crippen molar-refractivity contribution < 1.29 is 18.8 Å². The van der Waals surface area contributed by atoms with Crippen molar-refractivity contribution in [3.63, 3.8) is 0 Å². The third-order valence-corrected chi connectivity index (χ3v) is 4.05. The number of rotatable bonds is 7. The summed E-state index contributed by atoms with van der Waals surface area (Å²) in [5.41, 5.74) is 2.56. The van der Waals surface area contributed by atoms with E-state index in [0.717, 1.165) is 12.0 Å². The highest BCUT2D eigenvalue weighted by atomic mass is 16.6. The van der Waals surface area contributed by atoms with Crippen molar-refractivity contribution >= 4 is 5.97 Å².